The predicted octanol–water partition coefficient (Wildman–Crippen LogP) is 1.92. The Labute approximate surface area is 153 Å². The van der Waals surface area contributed by atoms with Gasteiger partial charge in [0, 0.05) is 19.0 Å². The summed E-state index contributed by atoms with van der Waals surface area (Å²) in [6.45, 7) is 2.02. The summed E-state index contributed by atoms with van der Waals surface area (Å²) in [7, 11) is -2.01. The molecular weight excluding hydrogens is 350 g/mol. The first-order chi connectivity index (χ1) is 12.5. The lowest BCUT2D eigenvalue weighted by atomic mass is 10.1. The number of sulfonamides is 1. The third kappa shape index (κ3) is 3.97. The molecule has 0 saturated heterocycles. The van der Waals surface area contributed by atoms with Crippen LogP contribution in [-0.4, -0.2) is 35.2 Å². The average molecular weight is 371 g/mol. The smallest absolute Gasteiger partial charge is 0.237 e. The Morgan fingerprint density at radius 3 is 2.46 bits per heavy atom. The van der Waals surface area contributed by atoms with Gasteiger partial charge in [-0.15, -0.1) is 5.10 Å². The molecule has 26 heavy (non-hydrogen) atoms. The van der Waals surface area contributed by atoms with E-state index >= 15 is 0 Å². The second-order valence-corrected chi connectivity index (χ2v) is 7.64. The predicted molar refractivity (Wildman–Crippen MR) is 98.6 cm³/mol. The van der Waals surface area contributed by atoms with E-state index in [1.807, 2.05) is 37.3 Å². The highest BCUT2D eigenvalue weighted by Gasteiger charge is 2.13. The molecule has 0 aliphatic heterocycles. The molecule has 0 amide bonds. The normalized spacial score (nSPS) is 11.6. The van der Waals surface area contributed by atoms with Crippen molar-refractivity contribution in [3.63, 3.8) is 0 Å². The van der Waals surface area contributed by atoms with Gasteiger partial charge in [-0.05, 0) is 43.3 Å². The molecule has 0 aliphatic carbocycles. The van der Waals surface area contributed by atoms with Crippen molar-refractivity contribution in [3.05, 3.63) is 65.9 Å². The molecule has 136 valence electrons. The topological polar surface area (TPSA) is 89.8 Å². The third-order valence-corrected chi connectivity index (χ3v) is 5.47. The number of hydrogen-bond acceptors (Lipinski definition) is 5. The molecule has 3 aromatic rings. The minimum Gasteiger partial charge on any atom is -0.237 e. The molecule has 2 aromatic heterocycles. The molecule has 0 unspecified atom stereocenters. The minimum atomic E-state index is -3.41. The van der Waals surface area contributed by atoms with E-state index in [1.54, 1.807) is 23.0 Å². The Hall–Kier alpha value is -2.58. The van der Waals surface area contributed by atoms with E-state index in [0.29, 0.717) is 6.42 Å². The van der Waals surface area contributed by atoms with Crippen LogP contribution in [0.15, 0.2) is 53.6 Å². The van der Waals surface area contributed by atoms with Gasteiger partial charge in [0.2, 0.25) is 10.0 Å². The molecule has 2 heterocycles. The van der Waals surface area contributed by atoms with Crippen LogP contribution in [0.3, 0.4) is 0 Å². The van der Waals surface area contributed by atoms with Gasteiger partial charge in [0.15, 0.2) is 11.6 Å². The minimum absolute atomic E-state index is 0.258. The first-order valence-electron chi connectivity index (χ1n) is 8.42. The van der Waals surface area contributed by atoms with Crippen molar-refractivity contribution in [3.8, 4) is 5.82 Å². The summed E-state index contributed by atoms with van der Waals surface area (Å²) in [5, 5.41) is 4.52. The van der Waals surface area contributed by atoms with Crippen LogP contribution in [0.1, 0.15) is 24.1 Å². The molecule has 0 fully saturated rings. The zero-order chi connectivity index (χ0) is 18.6. The number of hydrogen-bond donors (Lipinski definition) is 1. The van der Waals surface area contributed by atoms with E-state index < -0.39 is 10.0 Å². The van der Waals surface area contributed by atoms with Crippen molar-refractivity contribution < 1.29 is 8.42 Å². The highest BCUT2D eigenvalue weighted by atomic mass is 32.2. The first-order valence-corrected chi connectivity index (χ1v) is 9.90. The quantitative estimate of drug-likeness (QED) is 0.685. The molecule has 7 nitrogen and oxygen atoms in total. The number of rotatable bonds is 7. The van der Waals surface area contributed by atoms with Gasteiger partial charge in [0.1, 0.15) is 5.82 Å². The van der Waals surface area contributed by atoms with Crippen LogP contribution in [0.5, 0.6) is 0 Å². The van der Waals surface area contributed by atoms with E-state index in [2.05, 4.69) is 19.8 Å². The summed E-state index contributed by atoms with van der Waals surface area (Å²) in [6.07, 6.45) is 3.90. The number of benzene rings is 1. The Bertz CT molecular complexity index is 967. The number of aromatic nitrogens is 4. The van der Waals surface area contributed by atoms with Crippen LogP contribution in [0.2, 0.25) is 0 Å². The number of nitrogens with zero attached hydrogens (tertiary/aromatic N) is 4. The second-order valence-electron chi connectivity index (χ2n) is 5.75. The molecule has 1 N–H and O–H groups in total. The van der Waals surface area contributed by atoms with Gasteiger partial charge in [-0.2, -0.15) is 4.68 Å². The molecule has 0 bridgehead atoms. The van der Waals surface area contributed by atoms with Crippen molar-refractivity contribution in [1.29, 1.82) is 0 Å². The van der Waals surface area contributed by atoms with Gasteiger partial charge in [-0.1, -0.05) is 25.1 Å². The molecule has 0 aliphatic rings. The molecule has 0 spiro atoms. The monoisotopic (exact) mass is 371 g/mol. The maximum atomic E-state index is 11.8. The third-order valence-electron chi connectivity index (χ3n) is 4.04. The Morgan fingerprint density at radius 2 is 1.85 bits per heavy atom. The van der Waals surface area contributed by atoms with Crippen LogP contribution in [-0.2, 0) is 29.3 Å². The fourth-order valence-electron chi connectivity index (χ4n) is 2.58. The summed E-state index contributed by atoms with van der Waals surface area (Å²) in [4.78, 5) is 9.20. The lowest BCUT2D eigenvalue weighted by molar-refractivity contribution is 0.588. The SMILES string of the molecule is CCc1nc(CCc2ccc(S(=O)(=O)NC)cc2)n(-c2ccccn2)n1. The second kappa shape index (κ2) is 7.76. The molecule has 1 aromatic carbocycles. The van der Waals surface area contributed by atoms with Crippen LogP contribution < -0.4 is 4.72 Å². The van der Waals surface area contributed by atoms with E-state index in [0.717, 1.165) is 35.9 Å². The molecule has 0 atom stereocenters. The van der Waals surface area contributed by atoms with Gasteiger partial charge in [-0.3, -0.25) is 0 Å². The van der Waals surface area contributed by atoms with Crippen molar-refractivity contribution >= 4 is 10.0 Å². The highest BCUT2D eigenvalue weighted by Crippen LogP contribution is 2.14. The van der Waals surface area contributed by atoms with Crippen molar-refractivity contribution in [2.45, 2.75) is 31.1 Å². The summed E-state index contributed by atoms with van der Waals surface area (Å²) in [5.41, 5.74) is 1.04. The number of nitrogens with one attached hydrogen (secondary N) is 1. The van der Waals surface area contributed by atoms with E-state index in [1.165, 1.54) is 7.05 Å². The highest BCUT2D eigenvalue weighted by molar-refractivity contribution is 7.89. The summed E-state index contributed by atoms with van der Waals surface area (Å²) in [5.74, 6) is 2.36. The lowest BCUT2D eigenvalue weighted by Crippen LogP contribution is -2.18. The van der Waals surface area contributed by atoms with Crippen LogP contribution in [0, 0.1) is 0 Å². The molecule has 3 rings (SSSR count). The zero-order valence-electron chi connectivity index (χ0n) is 14.8. The van der Waals surface area contributed by atoms with Gasteiger partial charge in [-0.25, -0.2) is 23.1 Å². The number of pyridine rings is 1. The van der Waals surface area contributed by atoms with Crippen LogP contribution in [0.25, 0.3) is 5.82 Å². The Kier molecular flexibility index (Phi) is 5.43. The van der Waals surface area contributed by atoms with Gasteiger partial charge in [0.25, 0.3) is 0 Å². The summed E-state index contributed by atoms with van der Waals surface area (Å²) in [6, 6.07) is 12.6. The Balaban J connectivity index is 1.79. The first kappa shape index (κ1) is 18.2. The molecule has 0 saturated carbocycles. The van der Waals surface area contributed by atoms with Crippen molar-refractivity contribution in [1.82, 2.24) is 24.5 Å². The Morgan fingerprint density at radius 1 is 1.08 bits per heavy atom. The molecule has 8 heteroatoms. The largest absolute Gasteiger partial charge is 0.240 e. The summed E-state index contributed by atoms with van der Waals surface area (Å²) < 4.78 is 27.7. The number of aryl methyl sites for hydroxylation is 3. The van der Waals surface area contributed by atoms with Gasteiger partial charge in [0.05, 0.1) is 4.90 Å². The standard InChI is InChI=1S/C18H21N5O2S/c1-3-16-21-18(23(22-16)17-6-4-5-13-20-17)12-9-14-7-10-15(11-8-14)26(24,25)19-2/h4-8,10-11,13,19H,3,9,12H2,1-2H3. The van der Waals surface area contributed by atoms with Gasteiger partial charge < -0.3 is 0 Å². The maximum Gasteiger partial charge on any atom is 0.240 e. The lowest BCUT2D eigenvalue weighted by Gasteiger charge is -2.06. The molecular formula is C18H21N5O2S. The van der Waals surface area contributed by atoms with E-state index in [9.17, 15) is 8.42 Å². The fraction of sp³-hybridized carbons (Fsp3) is 0.278. The summed E-state index contributed by atoms with van der Waals surface area (Å²) >= 11 is 0. The van der Waals surface area contributed by atoms with Crippen molar-refractivity contribution in [2.75, 3.05) is 7.05 Å². The van der Waals surface area contributed by atoms with Gasteiger partial charge >= 0.3 is 0 Å². The van der Waals surface area contributed by atoms with E-state index in [-0.39, 0.29) is 4.90 Å². The van der Waals surface area contributed by atoms with Crippen molar-refractivity contribution in [2.24, 2.45) is 0 Å². The molecule has 0 radical (unpaired) electrons. The average Bonchev–Trinajstić information content (AvgIpc) is 3.11. The fourth-order valence-corrected chi connectivity index (χ4v) is 3.31. The van der Waals surface area contributed by atoms with Crippen LogP contribution in [0.4, 0.5) is 0 Å². The zero-order valence-corrected chi connectivity index (χ0v) is 15.6. The van der Waals surface area contributed by atoms with E-state index in [4.69, 9.17) is 0 Å². The van der Waals surface area contributed by atoms with Crippen LogP contribution >= 0.6 is 0 Å². The maximum absolute atomic E-state index is 11.8.